The Labute approximate surface area is 198 Å². The molecule has 0 spiro atoms. The lowest BCUT2D eigenvalue weighted by Crippen LogP contribution is -2.44. The number of ether oxygens (including phenoxy) is 1. The first-order valence-corrected chi connectivity index (χ1v) is 12.2. The number of primary amides is 1. The van der Waals surface area contributed by atoms with E-state index < -0.39 is 33.6 Å². The third-order valence-electron chi connectivity index (χ3n) is 5.78. The number of methoxy groups -OCH3 is 1. The van der Waals surface area contributed by atoms with Crippen molar-refractivity contribution in [2.75, 3.05) is 39.6 Å². The van der Waals surface area contributed by atoms with Gasteiger partial charge in [0.2, 0.25) is 15.9 Å². The molecule has 2 aromatic carbocycles. The van der Waals surface area contributed by atoms with Gasteiger partial charge in [-0.2, -0.15) is 0 Å². The molecule has 184 valence electrons. The number of benzene rings is 2. The molecular formula is C23H29FN4O5S. The number of carbonyl (C=O) groups is 2. The van der Waals surface area contributed by atoms with Gasteiger partial charge in [0, 0.05) is 50.5 Å². The lowest BCUT2D eigenvalue weighted by Gasteiger charge is -2.31. The molecule has 2 aromatic rings. The second-order valence-electron chi connectivity index (χ2n) is 8.34. The second-order valence-corrected chi connectivity index (χ2v) is 10.5. The van der Waals surface area contributed by atoms with E-state index in [1.165, 1.54) is 62.5 Å². The van der Waals surface area contributed by atoms with Crippen molar-refractivity contribution in [2.45, 2.75) is 24.3 Å². The summed E-state index contributed by atoms with van der Waals surface area (Å²) in [6.07, 6.45) is 1.22. The summed E-state index contributed by atoms with van der Waals surface area (Å²) in [4.78, 5) is 26.3. The Hall–Kier alpha value is -3.18. The summed E-state index contributed by atoms with van der Waals surface area (Å²) >= 11 is 0. The van der Waals surface area contributed by atoms with E-state index in [-0.39, 0.29) is 23.5 Å². The molecule has 0 aromatic heterocycles. The first kappa shape index (κ1) is 25.4. The fraction of sp³-hybridized carbons (Fsp3) is 0.391. The minimum atomic E-state index is -3.86. The summed E-state index contributed by atoms with van der Waals surface area (Å²) < 4.78 is 46.1. The van der Waals surface area contributed by atoms with Crippen molar-refractivity contribution < 1.29 is 27.1 Å². The van der Waals surface area contributed by atoms with Crippen molar-refractivity contribution in [1.82, 2.24) is 9.21 Å². The van der Waals surface area contributed by atoms with Crippen LogP contribution in [0.1, 0.15) is 28.8 Å². The molecule has 0 aliphatic carbocycles. The Morgan fingerprint density at radius 2 is 1.97 bits per heavy atom. The van der Waals surface area contributed by atoms with Crippen molar-refractivity contribution in [2.24, 2.45) is 11.7 Å². The van der Waals surface area contributed by atoms with Gasteiger partial charge in [-0.25, -0.2) is 17.1 Å². The van der Waals surface area contributed by atoms with Crippen LogP contribution in [0.3, 0.4) is 0 Å². The van der Waals surface area contributed by atoms with Crippen LogP contribution in [0.2, 0.25) is 0 Å². The van der Waals surface area contributed by atoms with Gasteiger partial charge in [0.05, 0.1) is 17.9 Å². The fourth-order valence-corrected chi connectivity index (χ4v) is 4.75. The van der Waals surface area contributed by atoms with Gasteiger partial charge in [-0.1, -0.05) is 0 Å². The predicted octanol–water partition coefficient (Wildman–Crippen LogP) is 2.03. The number of halogens is 1. The summed E-state index contributed by atoms with van der Waals surface area (Å²) in [6, 6.07) is 8.53. The number of amides is 2. The normalized spacial score (nSPS) is 16.4. The molecule has 1 saturated heterocycles. The highest BCUT2D eigenvalue weighted by Crippen LogP contribution is 2.25. The Balaban J connectivity index is 1.94. The zero-order valence-electron chi connectivity index (χ0n) is 19.4. The average Bonchev–Trinajstić information content (AvgIpc) is 2.82. The zero-order chi connectivity index (χ0) is 25.0. The van der Waals surface area contributed by atoms with Crippen LogP contribution in [0.25, 0.3) is 0 Å². The molecule has 0 bridgehead atoms. The Morgan fingerprint density at radius 3 is 2.62 bits per heavy atom. The summed E-state index contributed by atoms with van der Waals surface area (Å²) in [6.45, 7) is 0.650. The van der Waals surface area contributed by atoms with Gasteiger partial charge in [-0.05, 0) is 49.2 Å². The molecule has 3 N–H and O–H groups in total. The third kappa shape index (κ3) is 5.65. The van der Waals surface area contributed by atoms with Gasteiger partial charge in [-0.3, -0.25) is 9.59 Å². The average molecular weight is 493 g/mol. The highest BCUT2D eigenvalue weighted by molar-refractivity contribution is 7.89. The van der Waals surface area contributed by atoms with Crippen LogP contribution < -0.4 is 15.8 Å². The molecule has 0 saturated carbocycles. The van der Waals surface area contributed by atoms with Crippen molar-refractivity contribution in [3.8, 4) is 5.75 Å². The van der Waals surface area contributed by atoms with Gasteiger partial charge < -0.3 is 20.7 Å². The summed E-state index contributed by atoms with van der Waals surface area (Å²) in [7, 11) is 0.403. The van der Waals surface area contributed by atoms with Gasteiger partial charge in [0.15, 0.2) is 0 Å². The number of likely N-dealkylation sites (tertiary alicyclic amines) is 1. The van der Waals surface area contributed by atoms with E-state index in [2.05, 4.69) is 5.32 Å². The molecule has 0 radical (unpaired) electrons. The van der Waals surface area contributed by atoms with Crippen LogP contribution in [0.4, 0.5) is 10.1 Å². The Bertz CT molecular complexity index is 1190. The maximum absolute atomic E-state index is 14.2. The number of rotatable bonds is 8. The van der Waals surface area contributed by atoms with Crippen molar-refractivity contribution in [3.63, 3.8) is 0 Å². The molecule has 11 heteroatoms. The third-order valence-corrected chi connectivity index (χ3v) is 7.57. The van der Waals surface area contributed by atoms with E-state index in [1.54, 1.807) is 0 Å². The molecule has 3 rings (SSSR count). The van der Waals surface area contributed by atoms with Crippen LogP contribution in [-0.2, 0) is 21.4 Å². The van der Waals surface area contributed by atoms with Crippen LogP contribution in [0.5, 0.6) is 5.75 Å². The van der Waals surface area contributed by atoms with Crippen molar-refractivity contribution in [3.05, 3.63) is 53.3 Å². The number of piperidine rings is 1. The van der Waals surface area contributed by atoms with Gasteiger partial charge in [0.1, 0.15) is 11.6 Å². The number of hydrogen-bond donors (Lipinski definition) is 2. The van der Waals surface area contributed by atoms with Crippen molar-refractivity contribution in [1.29, 1.82) is 0 Å². The van der Waals surface area contributed by atoms with Crippen LogP contribution >= 0.6 is 0 Å². The van der Waals surface area contributed by atoms with Gasteiger partial charge in [0.25, 0.3) is 5.91 Å². The van der Waals surface area contributed by atoms with E-state index >= 15 is 0 Å². The molecule has 1 aliphatic rings. The topological polar surface area (TPSA) is 122 Å². The maximum atomic E-state index is 14.2. The van der Waals surface area contributed by atoms with E-state index in [0.717, 1.165) is 4.31 Å². The van der Waals surface area contributed by atoms with Gasteiger partial charge >= 0.3 is 0 Å². The predicted molar refractivity (Wildman–Crippen MR) is 125 cm³/mol. The second kappa shape index (κ2) is 10.4. The Morgan fingerprint density at radius 1 is 1.24 bits per heavy atom. The summed E-state index contributed by atoms with van der Waals surface area (Å²) in [5.41, 5.74) is 6.21. The van der Waals surface area contributed by atoms with Crippen molar-refractivity contribution >= 4 is 27.5 Å². The molecule has 1 heterocycles. The monoisotopic (exact) mass is 492 g/mol. The number of carbonyl (C=O) groups excluding carboxylic acids is 2. The highest BCUT2D eigenvalue weighted by atomic mass is 32.2. The van der Waals surface area contributed by atoms with Crippen LogP contribution in [0, 0.1) is 11.7 Å². The van der Waals surface area contributed by atoms with E-state index in [9.17, 15) is 22.4 Å². The quantitative estimate of drug-likeness (QED) is 0.582. The van der Waals surface area contributed by atoms with Crippen LogP contribution in [0.15, 0.2) is 41.3 Å². The summed E-state index contributed by atoms with van der Waals surface area (Å²) in [5, 5.41) is 3.01. The van der Waals surface area contributed by atoms with E-state index in [0.29, 0.717) is 36.4 Å². The minimum absolute atomic E-state index is 0.0373. The standard InChI is InChI=1S/C23H29FN4O5S/c1-27(2)34(31,32)20-11-16(23(30)28-8-4-5-15(14-28)22(25)29)9-18(12-20)26-13-17-10-19(33-3)6-7-21(17)24/h6-7,9-12,15,26H,4-5,8,13-14H2,1-3H3,(H2,25,29)/t15-/m1/s1. The lowest BCUT2D eigenvalue weighted by atomic mass is 9.97. The van der Waals surface area contributed by atoms with Crippen LogP contribution in [-0.4, -0.2) is 63.7 Å². The smallest absolute Gasteiger partial charge is 0.253 e. The molecule has 2 amide bonds. The minimum Gasteiger partial charge on any atom is -0.497 e. The fourth-order valence-electron chi connectivity index (χ4n) is 3.77. The number of nitrogens with one attached hydrogen (secondary N) is 1. The number of nitrogens with two attached hydrogens (primary N) is 1. The number of nitrogens with zero attached hydrogens (tertiary/aromatic N) is 2. The lowest BCUT2D eigenvalue weighted by molar-refractivity contribution is -0.123. The SMILES string of the molecule is COc1ccc(F)c(CNc2cc(C(=O)N3CCC[C@@H](C(N)=O)C3)cc(S(=O)(=O)N(C)C)c2)c1. The number of hydrogen-bond acceptors (Lipinski definition) is 6. The number of anilines is 1. The van der Waals surface area contributed by atoms with Gasteiger partial charge in [-0.15, -0.1) is 0 Å². The zero-order valence-corrected chi connectivity index (χ0v) is 20.2. The molecule has 1 atom stereocenters. The van der Waals surface area contributed by atoms with E-state index in [4.69, 9.17) is 10.5 Å². The largest absolute Gasteiger partial charge is 0.497 e. The highest BCUT2D eigenvalue weighted by Gasteiger charge is 2.29. The molecular weight excluding hydrogens is 463 g/mol. The molecule has 9 nitrogen and oxygen atoms in total. The molecule has 0 unspecified atom stereocenters. The van der Waals surface area contributed by atoms with E-state index in [1.807, 2.05) is 0 Å². The number of sulfonamides is 1. The first-order chi connectivity index (χ1) is 16.0. The molecule has 34 heavy (non-hydrogen) atoms. The first-order valence-electron chi connectivity index (χ1n) is 10.8. The summed E-state index contributed by atoms with van der Waals surface area (Å²) in [5.74, 6) is -1.29. The molecule has 1 aliphatic heterocycles. The maximum Gasteiger partial charge on any atom is 0.253 e. The molecule has 1 fully saturated rings. The Kier molecular flexibility index (Phi) is 7.78.